The summed E-state index contributed by atoms with van der Waals surface area (Å²) in [6.45, 7) is 6.29. The van der Waals surface area contributed by atoms with Crippen molar-refractivity contribution in [3.63, 3.8) is 0 Å². The summed E-state index contributed by atoms with van der Waals surface area (Å²) in [6, 6.07) is 19.0. The number of carbonyl (C=O) groups excluding carboxylic acids is 1. The summed E-state index contributed by atoms with van der Waals surface area (Å²) in [5.41, 5.74) is 4.68. The second-order valence-electron chi connectivity index (χ2n) is 7.65. The number of amides is 1. The molecule has 0 aliphatic carbocycles. The Morgan fingerprint density at radius 2 is 2.00 bits per heavy atom. The van der Waals surface area contributed by atoms with Crippen LogP contribution >= 0.6 is 0 Å². The Morgan fingerprint density at radius 1 is 1.19 bits per heavy atom. The van der Waals surface area contributed by atoms with Crippen LogP contribution in [0.5, 0.6) is 0 Å². The van der Waals surface area contributed by atoms with Crippen molar-refractivity contribution in [2.24, 2.45) is 0 Å². The average molecular weight is 412 g/mol. The number of benzene rings is 2. The third-order valence-electron chi connectivity index (χ3n) is 5.47. The van der Waals surface area contributed by atoms with Crippen molar-refractivity contribution in [3.05, 3.63) is 77.5 Å². The number of pyridine rings is 1. The number of hydrogen-bond acceptors (Lipinski definition) is 5. The molecule has 1 amide bonds. The highest BCUT2D eigenvalue weighted by Crippen LogP contribution is 2.27. The van der Waals surface area contributed by atoms with Crippen LogP contribution in [-0.4, -0.2) is 36.7 Å². The maximum atomic E-state index is 12.9. The molecule has 3 aromatic rings. The first-order chi connectivity index (χ1) is 15.0. The van der Waals surface area contributed by atoms with Gasteiger partial charge in [-0.2, -0.15) is 5.26 Å². The van der Waals surface area contributed by atoms with E-state index in [1.807, 2.05) is 49.4 Å². The summed E-state index contributed by atoms with van der Waals surface area (Å²) >= 11 is 0. The lowest BCUT2D eigenvalue weighted by Crippen LogP contribution is -2.41. The Balaban J connectivity index is 1.50. The van der Waals surface area contributed by atoms with Crippen LogP contribution in [0.3, 0.4) is 0 Å². The minimum atomic E-state index is -0.178. The first kappa shape index (κ1) is 20.6. The monoisotopic (exact) mass is 412 g/mol. The Bertz CT molecular complexity index is 1120. The van der Waals surface area contributed by atoms with Crippen LogP contribution in [-0.2, 0) is 4.74 Å². The topological polar surface area (TPSA) is 78.2 Å². The zero-order valence-corrected chi connectivity index (χ0v) is 17.6. The van der Waals surface area contributed by atoms with Gasteiger partial charge in [-0.15, -0.1) is 0 Å². The number of ether oxygens (including phenoxy) is 1. The van der Waals surface area contributed by atoms with Gasteiger partial charge in [-0.3, -0.25) is 4.79 Å². The first-order valence-corrected chi connectivity index (χ1v) is 10.3. The summed E-state index contributed by atoms with van der Waals surface area (Å²) in [4.78, 5) is 19.6. The van der Waals surface area contributed by atoms with Gasteiger partial charge in [-0.05, 0) is 60.9 Å². The lowest BCUT2D eigenvalue weighted by Gasteiger charge is -2.32. The van der Waals surface area contributed by atoms with E-state index in [1.54, 1.807) is 18.3 Å². The molecule has 0 radical (unpaired) electrons. The number of aromatic nitrogens is 1. The molecule has 2 aromatic carbocycles. The Hall–Kier alpha value is -3.69. The van der Waals surface area contributed by atoms with Gasteiger partial charge in [0.2, 0.25) is 0 Å². The third kappa shape index (κ3) is 4.57. The van der Waals surface area contributed by atoms with Gasteiger partial charge in [0.15, 0.2) is 0 Å². The molecule has 6 nitrogen and oxygen atoms in total. The number of anilines is 2. The molecule has 0 saturated carbocycles. The second-order valence-corrected chi connectivity index (χ2v) is 7.65. The van der Waals surface area contributed by atoms with E-state index < -0.39 is 0 Å². The highest BCUT2D eigenvalue weighted by Gasteiger charge is 2.18. The van der Waals surface area contributed by atoms with E-state index in [0.717, 1.165) is 35.6 Å². The minimum absolute atomic E-state index is 0.178. The molecule has 2 heterocycles. The van der Waals surface area contributed by atoms with Gasteiger partial charge < -0.3 is 15.0 Å². The molecule has 1 N–H and O–H groups in total. The normalized spacial score (nSPS) is 15.9. The van der Waals surface area contributed by atoms with Gasteiger partial charge in [-0.25, -0.2) is 4.98 Å². The Labute approximate surface area is 182 Å². The maximum absolute atomic E-state index is 12.9. The SMILES string of the molecule is Cc1c(C(=O)Nc2ccc(N3CCOC(C)C3)nc2)cccc1-c1ccc(C#N)cc1. The molecule has 1 aliphatic rings. The molecule has 31 heavy (non-hydrogen) atoms. The summed E-state index contributed by atoms with van der Waals surface area (Å²) in [5, 5.41) is 11.9. The molecular formula is C25H24N4O2. The van der Waals surface area contributed by atoms with E-state index in [2.05, 4.69) is 28.2 Å². The molecule has 4 rings (SSSR count). The van der Waals surface area contributed by atoms with E-state index in [-0.39, 0.29) is 12.0 Å². The van der Waals surface area contributed by atoms with E-state index in [4.69, 9.17) is 10.00 Å². The smallest absolute Gasteiger partial charge is 0.255 e. The highest BCUT2D eigenvalue weighted by molar-refractivity contribution is 6.06. The number of hydrogen-bond donors (Lipinski definition) is 1. The molecule has 1 unspecified atom stereocenters. The van der Waals surface area contributed by atoms with Crippen LogP contribution in [0.1, 0.15) is 28.4 Å². The largest absolute Gasteiger partial charge is 0.375 e. The predicted molar refractivity (Wildman–Crippen MR) is 121 cm³/mol. The molecule has 1 aromatic heterocycles. The number of nitrogens with zero attached hydrogens (tertiary/aromatic N) is 3. The Morgan fingerprint density at radius 3 is 2.68 bits per heavy atom. The fourth-order valence-electron chi connectivity index (χ4n) is 3.79. The highest BCUT2D eigenvalue weighted by atomic mass is 16.5. The maximum Gasteiger partial charge on any atom is 0.255 e. The number of carbonyl (C=O) groups is 1. The first-order valence-electron chi connectivity index (χ1n) is 10.3. The lowest BCUT2D eigenvalue weighted by molar-refractivity contribution is 0.0529. The van der Waals surface area contributed by atoms with Gasteiger partial charge in [-0.1, -0.05) is 24.3 Å². The van der Waals surface area contributed by atoms with Crippen molar-refractivity contribution < 1.29 is 9.53 Å². The minimum Gasteiger partial charge on any atom is -0.375 e. The van der Waals surface area contributed by atoms with Crippen molar-refractivity contribution in [2.75, 3.05) is 29.9 Å². The molecule has 1 saturated heterocycles. The number of nitriles is 1. The van der Waals surface area contributed by atoms with Crippen molar-refractivity contribution in [1.82, 2.24) is 4.98 Å². The van der Waals surface area contributed by atoms with Gasteiger partial charge in [0.05, 0.1) is 36.2 Å². The van der Waals surface area contributed by atoms with Gasteiger partial charge >= 0.3 is 0 Å². The molecule has 0 spiro atoms. The van der Waals surface area contributed by atoms with E-state index >= 15 is 0 Å². The van der Waals surface area contributed by atoms with Crippen LogP contribution in [0.2, 0.25) is 0 Å². The molecule has 156 valence electrons. The van der Waals surface area contributed by atoms with Crippen LogP contribution < -0.4 is 10.2 Å². The van der Waals surface area contributed by atoms with Crippen molar-refractivity contribution in [1.29, 1.82) is 5.26 Å². The van der Waals surface area contributed by atoms with Crippen molar-refractivity contribution >= 4 is 17.4 Å². The van der Waals surface area contributed by atoms with E-state index in [9.17, 15) is 4.79 Å². The quantitative estimate of drug-likeness (QED) is 0.687. The fourth-order valence-corrected chi connectivity index (χ4v) is 3.79. The predicted octanol–water partition coefficient (Wildman–Crippen LogP) is 4.41. The lowest BCUT2D eigenvalue weighted by atomic mass is 9.95. The van der Waals surface area contributed by atoms with Crippen molar-refractivity contribution in [3.8, 4) is 17.2 Å². The van der Waals surface area contributed by atoms with Crippen LogP contribution in [0.4, 0.5) is 11.5 Å². The molecular weight excluding hydrogens is 388 g/mol. The molecule has 1 aliphatic heterocycles. The summed E-state index contributed by atoms with van der Waals surface area (Å²) in [7, 11) is 0. The van der Waals surface area contributed by atoms with Gasteiger partial charge in [0.25, 0.3) is 5.91 Å². The van der Waals surface area contributed by atoms with Crippen molar-refractivity contribution in [2.45, 2.75) is 20.0 Å². The Kier molecular flexibility index (Phi) is 5.96. The summed E-state index contributed by atoms with van der Waals surface area (Å²) in [5.74, 6) is 0.703. The summed E-state index contributed by atoms with van der Waals surface area (Å²) < 4.78 is 5.58. The second kappa shape index (κ2) is 8.99. The van der Waals surface area contributed by atoms with Crippen LogP contribution in [0.25, 0.3) is 11.1 Å². The molecule has 1 fully saturated rings. The zero-order valence-electron chi connectivity index (χ0n) is 17.6. The van der Waals surface area contributed by atoms with Crippen LogP contribution in [0, 0.1) is 18.3 Å². The van der Waals surface area contributed by atoms with Gasteiger partial charge in [0.1, 0.15) is 5.82 Å². The number of nitrogens with one attached hydrogen (secondary N) is 1. The van der Waals surface area contributed by atoms with Gasteiger partial charge in [0, 0.05) is 18.7 Å². The fraction of sp³-hybridized carbons (Fsp3) is 0.240. The molecule has 1 atom stereocenters. The van der Waals surface area contributed by atoms with Crippen LogP contribution in [0.15, 0.2) is 60.8 Å². The summed E-state index contributed by atoms with van der Waals surface area (Å²) in [6.07, 6.45) is 1.87. The number of morpholine rings is 1. The third-order valence-corrected chi connectivity index (χ3v) is 5.47. The molecule has 6 heteroatoms. The standard InChI is InChI=1S/C25H24N4O2/c1-17-16-29(12-13-31-17)24-11-10-21(15-27-24)28-25(30)23-5-3-4-22(18(23)2)20-8-6-19(14-26)7-9-20/h3-11,15,17H,12-13,16H2,1-2H3,(H,28,30). The van der Waals surface area contributed by atoms with E-state index in [1.165, 1.54) is 0 Å². The zero-order chi connectivity index (χ0) is 21.8. The average Bonchev–Trinajstić information content (AvgIpc) is 2.80. The van der Waals surface area contributed by atoms with E-state index in [0.29, 0.717) is 23.4 Å². The number of rotatable bonds is 4. The molecule has 0 bridgehead atoms.